The van der Waals surface area contributed by atoms with Crippen molar-refractivity contribution in [2.24, 2.45) is 0 Å². The zero-order valence-electron chi connectivity index (χ0n) is 10.5. The summed E-state index contributed by atoms with van der Waals surface area (Å²) in [5.74, 6) is -0.159. The highest BCUT2D eigenvalue weighted by Crippen LogP contribution is 2.26. The highest BCUT2D eigenvalue weighted by molar-refractivity contribution is 6.31. The smallest absolute Gasteiger partial charge is 0.306 e. The van der Waals surface area contributed by atoms with E-state index in [0.717, 1.165) is 22.2 Å². The van der Waals surface area contributed by atoms with Gasteiger partial charge >= 0.3 is 5.97 Å². The van der Waals surface area contributed by atoms with E-state index in [0.29, 0.717) is 24.5 Å². The first-order valence-electron chi connectivity index (χ1n) is 6.04. The van der Waals surface area contributed by atoms with Gasteiger partial charge in [-0.1, -0.05) is 11.6 Å². The van der Waals surface area contributed by atoms with Crippen molar-refractivity contribution in [2.45, 2.75) is 26.7 Å². The largest absolute Gasteiger partial charge is 0.466 e. The fraction of sp³-hybridized carbons (Fsp3) is 0.357. The predicted molar refractivity (Wildman–Crippen MR) is 73.0 cm³/mol. The Labute approximate surface area is 111 Å². The molecule has 0 spiro atoms. The van der Waals surface area contributed by atoms with E-state index in [1.807, 2.05) is 32.0 Å². The Morgan fingerprint density at radius 3 is 2.94 bits per heavy atom. The molecule has 0 aliphatic heterocycles. The van der Waals surface area contributed by atoms with Crippen LogP contribution in [0.15, 0.2) is 18.2 Å². The Morgan fingerprint density at radius 2 is 2.22 bits per heavy atom. The number of esters is 1. The van der Waals surface area contributed by atoms with Gasteiger partial charge in [0.25, 0.3) is 0 Å². The van der Waals surface area contributed by atoms with Gasteiger partial charge in [0.2, 0.25) is 0 Å². The molecule has 2 rings (SSSR count). The van der Waals surface area contributed by atoms with Crippen LogP contribution < -0.4 is 0 Å². The van der Waals surface area contributed by atoms with Crippen LogP contribution in [-0.2, 0) is 16.0 Å². The number of benzene rings is 1. The normalized spacial score (nSPS) is 10.8. The molecule has 0 atom stereocenters. The molecule has 1 aromatic carbocycles. The second-order valence-electron chi connectivity index (χ2n) is 4.22. The van der Waals surface area contributed by atoms with Crippen LogP contribution >= 0.6 is 11.6 Å². The first-order chi connectivity index (χ1) is 8.61. The number of aryl methyl sites for hydroxylation is 2. The van der Waals surface area contributed by atoms with Crippen LogP contribution in [0.1, 0.15) is 24.6 Å². The standard InChI is InChI=1S/C14H16ClNO2/c1-3-18-14(17)7-5-11-9(2)16-13-6-4-10(15)8-12(11)13/h4,6,8,16H,3,5,7H2,1-2H3. The summed E-state index contributed by atoms with van der Waals surface area (Å²) >= 11 is 6.01. The van der Waals surface area contributed by atoms with Crippen LogP contribution in [0.2, 0.25) is 5.02 Å². The number of fused-ring (bicyclic) bond motifs is 1. The molecule has 0 saturated heterocycles. The first kappa shape index (κ1) is 13.0. The van der Waals surface area contributed by atoms with Gasteiger partial charge in [-0.25, -0.2) is 0 Å². The van der Waals surface area contributed by atoms with Gasteiger partial charge in [-0.15, -0.1) is 0 Å². The van der Waals surface area contributed by atoms with E-state index in [1.54, 1.807) is 0 Å². The molecule has 2 aromatic rings. The molecule has 0 bridgehead atoms. The Hall–Kier alpha value is -1.48. The Morgan fingerprint density at radius 1 is 1.44 bits per heavy atom. The maximum Gasteiger partial charge on any atom is 0.306 e. The molecule has 0 fully saturated rings. The minimum atomic E-state index is -0.159. The van der Waals surface area contributed by atoms with Crippen molar-refractivity contribution in [3.8, 4) is 0 Å². The average Bonchev–Trinajstić information content (AvgIpc) is 2.62. The van der Waals surface area contributed by atoms with E-state index < -0.39 is 0 Å². The van der Waals surface area contributed by atoms with Gasteiger partial charge in [-0.3, -0.25) is 4.79 Å². The van der Waals surface area contributed by atoms with E-state index in [4.69, 9.17) is 16.3 Å². The fourth-order valence-electron chi connectivity index (χ4n) is 2.14. The van der Waals surface area contributed by atoms with E-state index in [1.165, 1.54) is 0 Å². The topological polar surface area (TPSA) is 42.1 Å². The molecule has 1 heterocycles. The maximum absolute atomic E-state index is 11.4. The van der Waals surface area contributed by atoms with Crippen LogP contribution in [0.5, 0.6) is 0 Å². The highest BCUT2D eigenvalue weighted by atomic mass is 35.5. The minimum Gasteiger partial charge on any atom is -0.466 e. The number of aromatic amines is 1. The number of rotatable bonds is 4. The van der Waals surface area contributed by atoms with Gasteiger partial charge in [-0.05, 0) is 44.0 Å². The molecule has 18 heavy (non-hydrogen) atoms. The Bertz CT molecular complexity index is 574. The number of carbonyl (C=O) groups is 1. The third-order valence-electron chi connectivity index (χ3n) is 2.97. The van der Waals surface area contributed by atoms with Gasteiger partial charge < -0.3 is 9.72 Å². The van der Waals surface area contributed by atoms with Crippen molar-refractivity contribution in [3.63, 3.8) is 0 Å². The quantitative estimate of drug-likeness (QED) is 0.858. The van der Waals surface area contributed by atoms with Crippen molar-refractivity contribution >= 4 is 28.5 Å². The van der Waals surface area contributed by atoms with Crippen molar-refractivity contribution in [2.75, 3.05) is 6.61 Å². The summed E-state index contributed by atoms with van der Waals surface area (Å²) in [6, 6.07) is 5.74. The lowest BCUT2D eigenvalue weighted by molar-refractivity contribution is -0.143. The molecule has 1 aromatic heterocycles. The molecular formula is C14H16ClNO2. The lowest BCUT2D eigenvalue weighted by Crippen LogP contribution is -2.05. The lowest BCUT2D eigenvalue weighted by atomic mass is 10.1. The van der Waals surface area contributed by atoms with Gasteiger partial charge in [0.15, 0.2) is 0 Å². The molecule has 4 heteroatoms. The molecule has 0 radical (unpaired) electrons. The molecule has 0 unspecified atom stereocenters. The minimum absolute atomic E-state index is 0.159. The zero-order valence-corrected chi connectivity index (χ0v) is 11.3. The number of hydrogen-bond donors (Lipinski definition) is 1. The van der Waals surface area contributed by atoms with E-state index in [2.05, 4.69) is 4.98 Å². The van der Waals surface area contributed by atoms with Crippen LogP contribution in [0.3, 0.4) is 0 Å². The van der Waals surface area contributed by atoms with Gasteiger partial charge in [0.05, 0.1) is 6.61 Å². The molecule has 96 valence electrons. The van der Waals surface area contributed by atoms with Crippen molar-refractivity contribution in [3.05, 3.63) is 34.5 Å². The number of nitrogens with one attached hydrogen (secondary N) is 1. The van der Waals surface area contributed by atoms with Gasteiger partial charge in [0, 0.05) is 28.0 Å². The van der Waals surface area contributed by atoms with Gasteiger partial charge in [-0.2, -0.15) is 0 Å². The maximum atomic E-state index is 11.4. The number of H-pyrrole nitrogens is 1. The monoisotopic (exact) mass is 265 g/mol. The van der Waals surface area contributed by atoms with Crippen LogP contribution in [-0.4, -0.2) is 17.6 Å². The number of ether oxygens (including phenoxy) is 1. The second kappa shape index (κ2) is 5.44. The van der Waals surface area contributed by atoms with Crippen molar-refractivity contribution in [1.82, 2.24) is 4.98 Å². The molecule has 0 aliphatic rings. The molecule has 0 aliphatic carbocycles. The third-order valence-corrected chi connectivity index (χ3v) is 3.20. The summed E-state index contributed by atoms with van der Waals surface area (Å²) in [4.78, 5) is 14.7. The fourth-order valence-corrected chi connectivity index (χ4v) is 2.31. The van der Waals surface area contributed by atoms with E-state index >= 15 is 0 Å². The SMILES string of the molecule is CCOC(=O)CCc1c(C)[nH]c2ccc(Cl)cc12. The Kier molecular flexibility index (Phi) is 3.92. The summed E-state index contributed by atoms with van der Waals surface area (Å²) < 4.78 is 4.94. The number of halogens is 1. The molecular weight excluding hydrogens is 250 g/mol. The number of carbonyl (C=O) groups excluding carboxylic acids is 1. The summed E-state index contributed by atoms with van der Waals surface area (Å²) in [7, 11) is 0. The second-order valence-corrected chi connectivity index (χ2v) is 4.66. The summed E-state index contributed by atoms with van der Waals surface area (Å²) in [5.41, 5.74) is 3.27. The summed E-state index contributed by atoms with van der Waals surface area (Å²) in [6.45, 7) is 4.25. The van der Waals surface area contributed by atoms with E-state index in [-0.39, 0.29) is 5.97 Å². The third kappa shape index (κ3) is 2.67. The van der Waals surface area contributed by atoms with Crippen LogP contribution in [0.25, 0.3) is 10.9 Å². The number of hydrogen-bond acceptors (Lipinski definition) is 2. The molecule has 0 saturated carbocycles. The Balaban J connectivity index is 2.24. The van der Waals surface area contributed by atoms with Crippen molar-refractivity contribution in [1.29, 1.82) is 0 Å². The lowest BCUT2D eigenvalue weighted by Gasteiger charge is -2.02. The zero-order chi connectivity index (χ0) is 13.1. The molecule has 3 nitrogen and oxygen atoms in total. The number of aromatic nitrogens is 1. The highest BCUT2D eigenvalue weighted by Gasteiger charge is 2.11. The molecule has 1 N–H and O–H groups in total. The van der Waals surface area contributed by atoms with Crippen molar-refractivity contribution < 1.29 is 9.53 Å². The first-order valence-corrected chi connectivity index (χ1v) is 6.42. The van der Waals surface area contributed by atoms with Crippen LogP contribution in [0.4, 0.5) is 0 Å². The van der Waals surface area contributed by atoms with Crippen LogP contribution in [0, 0.1) is 6.92 Å². The molecule has 0 amide bonds. The summed E-state index contributed by atoms with van der Waals surface area (Å²) in [6.07, 6.45) is 1.07. The predicted octanol–water partition coefficient (Wildman–Crippen LogP) is 3.63. The summed E-state index contributed by atoms with van der Waals surface area (Å²) in [5, 5.41) is 1.79. The van der Waals surface area contributed by atoms with E-state index in [9.17, 15) is 4.79 Å². The average molecular weight is 266 g/mol. The van der Waals surface area contributed by atoms with Gasteiger partial charge in [0.1, 0.15) is 0 Å².